The molecule has 5 nitrogen and oxygen atoms in total. The summed E-state index contributed by atoms with van der Waals surface area (Å²) in [5, 5.41) is 11.1. The molecule has 2 amide bonds. The van der Waals surface area contributed by atoms with E-state index in [4.69, 9.17) is 5.11 Å². The van der Waals surface area contributed by atoms with Crippen LogP contribution in [-0.4, -0.2) is 28.6 Å². The van der Waals surface area contributed by atoms with Crippen LogP contribution in [0.25, 0.3) is 0 Å². The first-order valence-electron chi connectivity index (χ1n) is 6.09. The normalized spacial score (nSPS) is 13.2. The first-order chi connectivity index (χ1) is 9.08. The first-order valence-corrected chi connectivity index (χ1v) is 6.09. The number of carboxylic acid groups (broad SMARTS) is 1. The molecule has 0 atom stereocenters. The van der Waals surface area contributed by atoms with E-state index in [0.717, 1.165) is 5.56 Å². The zero-order valence-corrected chi connectivity index (χ0v) is 10.4. The molecule has 2 rings (SSSR count). The van der Waals surface area contributed by atoms with Gasteiger partial charge < -0.3 is 15.3 Å². The quantitative estimate of drug-likeness (QED) is 0.815. The second-order valence-corrected chi connectivity index (χ2v) is 4.46. The number of hydrogen-bond donors (Lipinski definition) is 2. The summed E-state index contributed by atoms with van der Waals surface area (Å²) in [6.45, 7) is 0.949. The Bertz CT molecular complexity index is 505. The third kappa shape index (κ3) is 3.21. The van der Waals surface area contributed by atoms with Crippen LogP contribution in [0.2, 0.25) is 0 Å². The molecule has 0 radical (unpaired) electrons. The molecule has 0 bridgehead atoms. The lowest BCUT2D eigenvalue weighted by atomic mass is 10.1. The van der Waals surface area contributed by atoms with E-state index in [1.54, 1.807) is 12.1 Å². The fraction of sp³-hybridized carbons (Fsp3) is 0.385. The lowest BCUT2D eigenvalue weighted by Crippen LogP contribution is -2.37. The fourth-order valence-corrected chi connectivity index (χ4v) is 2.07. The van der Waals surface area contributed by atoms with Gasteiger partial charge in [-0.1, -0.05) is 12.1 Å². The number of carbonyl (C=O) groups excluding carboxylic acids is 1. The number of amides is 2. The molecule has 0 aliphatic carbocycles. The Morgan fingerprint density at radius 1 is 1.37 bits per heavy atom. The zero-order chi connectivity index (χ0) is 13.8. The highest BCUT2D eigenvalue weighted by atomic mass is 19.1. The maximum atomic E-state index is 13.5. The van der Waals surface area contributed by atoms with Crippen molar-refractivity contribution in [3.63, 3.8) is 0 Å². The van der Waals surface area contributed by atoms with E-state index in [1.807, 2.05) is 0 Å². The largest absolute Gasteiger partial charge is 0.481 e. The second kappa shape index (κ2) is 5.69. The summed E-state index contributed by atoms with van der Waals surface area (Å²) in [4.78, 5) is 23.6. The number of nitrogens with zero attached hydrogens (tertiary/aromatic N) is 1. The van der Waals surface area contributed by atoms with Gasteiger partial charge in [-0.05, 0) is 18.1 Å². The highest BCUT2D eigenvalue weighted by Gasteiger charge is 2.25. The van der Waals surface area contributed by atoms with Gasteiger partial charge in [0.25, 0.3) is 0 Å². The van der Waals surface area contributed by atoms with E-state index in [9.17, 15) is 14.0 Å². The van der Waals surface area contributed by atoms with Gasteiger partial charge in [-0.3, -0.25) is 4.79 Å². The van der Waals surface area contributed by atoms with E-state index in [1.165, 1.54) is 11.0 Å². The zero-order valence-electron chi connectivity index (χ0n) is 10.4. The summed E-state index contributed by atoms with van der Waals surface area (Å²) in [7, 11) is 0. The third-order valence-corrected chi connectivity index (χ3v) is 3.06. The standard InChI is InChI=1S/C13H15FN2O3/c14-11-4-1-3-9-7-16(8-10(9)11)13(19)15-6-2-5-12(17)18/h1,3-4H,2,5-8H2,(H,15,19)(H,17,18). The molecule has 1 aromatic carbocycles. The highest BCUT2D eigenvalue weighted by molar-refractivity contribution is 5.75. The number of carboxylic acids is 1. The molecule has 0 saturated heterocycles. The Kier molecular flexibility index (Phi) is 3.99. The molecule has 102 valence electrons. The van der Waals surface area contributed by atoms with Crippen molar-refractivity contribution >= 4 is 12.0 Å². The maximum absolute atomic E-state index is 13.5. The van der Waals surface area contributed by atoms with Crippen LogP contribution in [0, 0.1) is 5.82 Å². The number of rotatable bonds is 4. The Hall–Kier alpha value is -2.11. The van der Waals surface area contributed by atoms with Crippen LogP contribution in [-0.2, 0) is 17.9 Å². The minimum Gasteiger partial charge on any atom is -0.481 e. The highest BCUT2D eigenvalue weighted by Crippen LogP contribution is 2.24. The molecule has 1 heterocycles. The number of carbonyl (C=O) groups is 2. The van der Waals surface area contributed by atoms with Crippen LogP contribution in [0.15, 0.2) is 18.2 Å². The van der Waals surface area contributed by atoms with Crippen molar-refractivity contribution in [1.29, 1.82) is 0 Å². The summed E-state index contributed by atoms with van der Waals surface area (Å²) in [5.74, 6) is -1.18. The third-order valence-electron chi connectivity index (χ3n) is 3.06. The van der Waals surface area contributed by atoms with Gasteiger partial charge in [0.2, 0.25) is 0 Å². The summed E-state index contributed by atoms with van der Waals surface area (Å²) in [6.07, 6.45) is 0.408. The fourth-order valence-electron chi connectivity index (χ4n) is 2.07. The predicted molar refractivity (Wildman–Crippen MR) is 65.9 cm³/mol. The number of aliphatic carboxylic acids is 1. The van der Waals surface area contributed by atoms with Gasteiger partial charge in [0, 0.05) is 25.1 Å². The monoisotopic (exact) mass is 266 g/mol. The Balaban J connectivity index is 1.83. The summed E-state index contributed by atoms with van der Waals surface area (Å²) in [6, 6.07) is 4.52. The van der Waals surface area contributed by atoms with Gasteiger partial charge in [0.15, 0.2) is 0 Å². The SMILES string of the molecule is O=C(O)CCCNC(=O)N1Cc2cccc(F)c2C1. The first kappa shape index (κ1) is 13.3. The molecule has 1 aliphatic heterocycles. The topological polar surface area (TPSA) is 69.6 Å². The second-order valence-electron chi connectivity index (χ2n) is 4.46. The number of fused-ring (bicyclic) bond motifs is 1. The van der Waals surface area contributed by atoms with Crippen molar-refractivity contribution in [3.8, 4) is 0 Å². The molecule has 1 aromatic rings. The molecule has 0 fully saturated rings. The number of nitrogens with one attached hydrogen (secondary N) is 1. The lowest BCUT2D eigenvalue weighted by Gasteiger charge is -2.16. The Morgan fingerprint density at radius 2 is 2.16 bits per heavy atom. The number of benzene rings is 1. The number of halogens is 1. The molecular formula is C13H15FN2O3. The minimum atomic E-state index is -0.884. The van der Waals surface area contributed by atoms with Crippen molar-refractivity contribution in [2.75, 3.05) is 6.54 Å². The van der Waals surface area contributed by atoms with E-state index < -0.39 is 5.97 Å². The van der Waals surface area contributed by atoms with Crippen LogP contribution in [0.4, 0.5) is 9.18 Å². The van der Waals surface area contributed by atoms with Crippen molar-refractivity contribution in [1.82, 2.24) is 10.2 Å². The van der Waals surface area contributed by atoms with Gasteiger partial charge in [0.05, 0.1) is 6.54 Å². The van der Waals surface area contributed by atoms with Crippen LogP contribution in [0.1, 0.15) is 24.0 Å². The summed E-state index contributed by atoms with van der Waals surface area (Å²) < 4.78 is 13.5. The van der Waals surface area contributed by atoms with Gasteiger partial charge in [-0.2, -0.15) is 0 Å². The molecule has 0 spiro atoms. The van der Waals surface area contributed by atoms with Crippen LogP contribution in [0.3, 0.4) is 0 Å². The van der Waals surface area contributed by atoms with E-state index in [0.29, 0.717) is 25.1 Å². The average Bonchev–Trinajstić information content (AvgIpc) is 2.79. The van der Waals surface area contributed by atoms with Crippen molar-refractivity contribution in [2.24, 2.45) is 0 Å². The molecule has 2 N–H and O–H groups in total. The van der Waals surface area contributed by atoms with Gasteiger partial charge in [-0.15, -0.1) is 0 Å². The molecular weight excluding hydrogens is 251 g/mol. The minimum absolute atomic E-state index is 0.0230. The number of hydrogen-bond acceptors (Lipinski definition) is 2. The van der Waals surface area contributed by atoms with Crippen molar-refractivity contribution < 1.29 is 19.1 Å². The molecule has 0 aromatic heterocycles. The maximum Gasteiger partial charge on any atom is 0.318 e. The lowest BCUT2D eigenvalue weighted by molar-refractivity contribution is -0.137. The van der Waals surface area contributed by atoms with Crippen molar-refractivity contribution in [3.05, 3.63) is 35.1 Å². The van der Waals surface area contributed by atoms with Gasteiger partial charge >= 0.3 is 12.0 Å². The number of urea groups is 1. The van der Waals surface area contributed by atoms with Crippen LogP contribution < -0.4 is 5.32 Å². The molecule has 19 heavy (non-hydrogen) atoms. The molecule has 6 heteroatoms. The van der Waals surface area contributed by atoms with Crippen LogP contribution >= 0.6 is 0 Å². The van der Waals surface area contributed by atoms with E-state index in [-0.39, 0.29) is 24.8 Å². The van der Waals surface area contributed by atoms with Gasteiger partial charge in [0.1, 0.15) is 5.82 Å². The molecule has 0 unspecified atom stereocenters. The smallest absolute Gasteiger partial charge is 0.318 e. The van der Waals surface area contributed by atoms with Crippen LogP contribution in [0.5, 0.6) is 0 Å². The van der Waals surface area contributed by atoms with Crippen molar-refractivity contribution in [2.45, 2.75) is 25.9 Å². The molecule has 0 saturated carbocycles. The van der Waals surface area contributed by atoms with Gasteiger partial charge in [-0.25, -0.2) is 9.18 Å². The summed E-state index contributed by atoms with van der Waals surface area (Å²) in [5.41, 5.74) is 1.38. The van der Waals surface area contributed by atoms with E-state index in [2.05, 4.69) is 5.32 Å². The van der Waals surface area contributed by atoms with E-state index >= 15 is 0 Å². The predicted octanol–water partition coefficient (Wildman–Crippen LogP) is 1.72. The Morgan fingerprint density at radius 3 is 2.84 bits per heavy atom. The molecule has 1 aliphatic rings. The summed E-state index contributed by atoms with van der Waals surface area (Å²) >= 11 is 0. The Labute approximate surface area is 110 Å². The average molecular weight is 266 g/mol.